The first kappa shape index (κ1) is 15.2. The number of hydrogen-bond acceptors (Lipinski definition) is 6. The summed E-state index contributed by atoms with van der Waals surface area (Å²) in [7, 11) is 0. The van der Waals surface area contributed by atoms with Gasteiger partial charge in [0.05, 0.1) is 5.54 Å². The third-order valence-corrected chi connectivity index (χ3v) is 4.82. The predicted molar refractivity (Wildman–Crippen MR) is 78.4 cm³/mol. The Morgan fingerprint density at radius 3 is 2.65 bits per heavy atom. The van der Waals surface area contributed by atoms with Crippen LogP contribution in [0.25, 0.3) is 0 Å². The molecule has 6 nitrogen and oxygen atoms in total. The quantitative estimate of drug-likeness (QED) is 0.931. The minimum Gasteiger partial charge on any atom is -0.337 e. The Morgan fingerprint density at radius 1 is 1.45 bits per heavy atom. The lowest BCUT2D eigenvalue weighted by Crippen LogP contribution is -2.44. The van der Waals surface area contributed by atoms with Crippen LogP contribution in [0.4, 0.5) is 0 Å². The Bertz CT molecular complexity index is 671. The molecule has 2 aromatic heterocycles. The maximum absolute atomic E-state index is 11.8. The molecule has 1 aliphatic rings. The van der Waals surface area contributed by atoms with Crippen LogP contribution in [0.3, 0.4) is 0 Å². The Kier molecular flexibility index (Phi) is 4.04. The van der Waals surface area contributed by atoms with Crippen LogP contribution < -0.4 is 10.6 Å². The van der Waals surface area contributed by atoms with Gasteiger partial charge in [0.1, 0.15) is 6.54 Å². The molecule has 20 heavy (non-hydrogen) atoms. The van der Waals surface area contributed by atoms with E-state index in [1.165, 1.54) is 11.3 Å². The van der Waals surface area contributed by atoms with Crippen LogP contribution in [0.5, 0.6) is 0 Å². The number of nitrogens with two attached hydrogens (primary N) is 1. The average Bonchev–Trinajstić information content (AvgIpc) is 2.88. The summed E-state index contributed by atoms with van der Waals surface area (Å²) < 4.78 is 6.87. The van der Waals surface area contributed by atoms with Crippen molar-refractivity contribution in [3.8, 4) is 0 Å². The van der Waals surface area contributed by atoms with E-state index in [4.69, 9.17) is 10.3 Å². The minimum atomic E-state index is -0.424. The Morgan fingerprint density at radius 2 is 2.15 bits per heavy atom. The van der Waals surface area contributed by atoms with Gasteiger partial charge >= 0.3 is 4.87 Å². The van der Waals surface area contributed by atoms with Gasteiger partial charge in [0.15, 0.2) is 5.82 Å². The summed E-state index contributed by atoms with van der Waals surface area (Å²) in [4.78, 5) is 17.1. The highest BCUT2D eigenvalue weighted by atomic mass is 35.5. The molecule has 0 aliphatic heterocycles. The van der Waals surface area contributed by atoms with Crippen LogP contribution in [-0.4, -0.2) is 14.7 Å². The predicted octanol–water partition coefficient (Wildman–Crippen LogP) is 1.72. The number of nitrogens with zero attached hydrogens (tertiary/aromatic N) is 3. The number of hydrogen-bond donors (Lipinski definition) is 1. The zero-order valence-corrected chi connectivity index (χ0v) is 13.0. The smallest absolute Gasteiger partial charge is 0.308 e. The zero-order chi connectivity index (χ0) is 13.6. The second-order valence-corrected chi connectivity index (χ2v) is 6.28. The Hall–Kier alpha value is -1.18. The van der Waals surface area contributed by atoms with E-state index in [0.29, 0.717) is 18.3 Å². The molecule has 0 aromatic carbocycles. The molecule has 0 bridgehead atoms. The van der Waals surface area contributed by atoms with E-state index < -0.39 is 5.54 Å². The molecule has 8 heteroatoms. The molecule has 1 saturated carbocycles. The van der Waals surface area contributed by atoms with Gasteiger partial charge in [0.25, 0.3) is 0 Å². The molecule has 2 aromatic rings. The number of rotatable bonds is 3. The van der Waals surface area contributed by atoms with Gasteiger partial charge < -0.3 is 10.3 Å². The van der Waals surface area contributed by atoms with E-state index in [-0.39, 0.29) is 17.3 Å². The number of aryl methyl sites for hydroxylation is 1. The molecule has 0 radical (unpaired) electrons. The van der Waals surface area contributed by atoms with Crippen molar-refractivity contribution < 1.29 is 4.52 Å². The highest BCUT2D eigenvalue weighted by Crippen LogP contribution is 2.36. The lowest BCUT2D eigenvalue weighted by Gasteiger charge is -2.34. The molecule has 2 N–H and O–H groups in total. The zero-order valence-electron chi connectivity index (χ0n) is 11.4. The fourth-order valence-corrected chi connectivity index (χ4v) is 3.04. The number of aromatic nitrogens is 3. The van der Waals surface area contributed by atoms with Gasteiger partial charge in [-0.1, -0.05) is 16.5 Å². The van der Waals surface area contributed by atoms with Crippen LogP contribution >= 0.6 is 23.7 Å². The van der Waals surface area contributed by atoms with Gasteiger partial charge in [0.2, 0.25) is 5.89 Å². The lowest BCUT2D eigenvalue weighted by molar-refractivity contribution is 0.228. The van der Waals surface area contributed by atoms with Gasteiger partial charge in [-0.2, -0.15) is 4.98 Å². The molecule has 0 amide bonds. The summed E-state index contributed by atoms with van der Waals surface area (Å²) >= 11 is 1.24. The molecule has 3 rings (SSSR count). The fourth-order valence-electron chi connectivity index (χ4n) is 2.21. The van der Waals surface area contributed by atoms with E-state index in [2.05, 4.69) is 10.1 Å². The monoisotopic (exact) mass is 316 g/mol. The highest BCUT2D eigenvalue weighted by Gasteiger charge is 2.39. The van der Waals surface area contributed by atoms with Gasteiger partial charge in [0, 0.05) is 10.6 Å². The van der Waals surface area contributed by atoms with Gasteiger partial charge in [-0.3, -0.25) is 9.36 Å². The molecular formula is C12H17ClN4O2S. The van der Waals surface area contributed by atoms with Crippen LogP contribution in [0.2, 0.25) is 0 Å². The van der Waals surface area contributed by atoms with Crippen LogP contribution in [-0.2, 0) is 12.1 Å². The fraction of sp³-hybridized carbons (Fsp3) is 0.583. The Balaban J connectivity index is 0.00000147. The first-order valence-electron chi connectivity index (χ1n) is 6.28. The van der Waals surface area contributed by atoms with Crippen molar-refractivity contribution in [3.05, 3.63) is 32.0 Å². The molecule has 2 heterocycles. The van der Waals surface area contributed by atoms with Crippen molar-refractivity contribution >= 4 is 23.7 Å². The summed E-state index contributed by atoms with van der Waals surface area (Å²) in [5, 5.41) is 3.95. The van der Waals surface area contributed by atoms with Gasteiger partial charge in [-0.05, 0) is 33.1 Å². The van der Waals surface area contributed by atoms with E-state index in [1.807, 2.05) is 13.8 Å². The first-order valence-corrected chi connectivity index (χ1v) is 7.10. The summed E-state index contributed by atoms with van der Waals surface area (Å²) in [6.07, 6.45) is 2.88. The van der Waals surface area contributed by atoms with Crippen LogP contribution in [0.15, 0.2) is 9.32 Å². The topological polar surface area (TPSA) is 86.9 Å². The van der Waals surface area contributed by atoms with E-state index in [0.717, 1.165) is 29.8 Å². The third-order valence-electron chi connectivity index (χ3n) is 3.83. The molecule has 0 saturated heterocycles. The molecule has 0 unspecified atom stereocenters. The molecule has 1 aliphatic carbocycles. The molecule has 1 fully saturated rings. The highest BCUT2D eigenvalue weighted by molar-refractivity contribution is 7.09. The summed E-state index contributed by atoms with van der Waals surface area (Å²) in [5.74, 6) is 1.00. The number of halogens is 1. The van der Waals surface area contributed by atoms with Crippen molar-refractivity contribution in [1.29, 1.82) is 0 Å². The first-order chi connectivity index (χ1) is 8.99. The second kappa shape index (κ2) is 5.31. The van der Waals surface area contributed by atoms with Crippen LogP contribution in [0, 0.1) is 13.8 Å². The maximum atomic E-state index is 11.8. The number of thiazole rings is 1. The van der Waals surface area contributed by atoms with E-state index in [1.54, 1.807) is 4.57 Å². The molecule has 0 atom stereocenters. The summed E-state index contributed by atoms with van der Waals surface area (Å²) in [6, 6.07) is 0. The van der Waals surface area contributed by atoms with Crippen LogP contribution in [0.1, 0.15) is 41.5 Å². The van der Waals surface area contributed by atoms with Crippen molar-refractivity contribution in [1.82, 2.24) is 14.7 Å². The van der Waals surface area contributed by atoms with Crippen molar-refractivity contribution in [2.24, 2.45) is 5.73 Å². The van der Waals surface area contributed by atoms with E-state index >= 15 is 0 Å². The molecule has 110 valence electrons. The second-order valence-electron chi connectivity index (χ2n) is 5.12. The SMILES string of the molecule is Cc1sc(=O)n(Cc2nc(C3(N)CCC3)no2)c1C.Cl. The standard InChI is InChI=1S/C12H16N4O2S.ClH/c1-7-8(2)19-11(17)16(7)6-9-14-10(15-18-9)12(13)4-3-5-12;/h3-6,13H2,1-2H3;1H. The summed E-state index contributed by atoms with van der Waals surface area (Å²) in [5.41, 5.74) is 6.66. The lowest BCUT2D eigenvalue weighted by atomic mass is 9.77. The van der Waals surface area contributed by atoms with E-state index in [9.17, 15) is 4.79 Å². The largest absolute Gasteiger partial charge is 0.337 e. The maximum Gasteiger partial charge on any atom is 0.308 e. The average molecular weight is 317 g/mol. The van der Waals surface area contributed by atoms with Crippen molar-refractivity contribution in [3.63, 3.8) is 0 Å². The van der Waals surface area contributed by atoms with Crippen molar-refractivity contribution in [2.45, 2.75) is 45.2 Å². The van der Waals surface area contributed by atoms with Gasteiger partial charge in [-0.25, -0.2) is 0 Å². The molecular weight excluding hydrogens is 300 g/mol. The molecule has 0 spiro atoms. The summed E-state index contributed by atoms with van der Waals surface area (Å²) in [6.45, 7) is 4.17. The van der Waals surface area contributed by atoms with Crippen molar-refractivity contribution in [2.75, 3.05) is 0 Å². The van der Waals surface area contributed by atoms with Gasteiger partial charge in [-0.15, -0.1) is 12.4 Å². The minimum absolute atomic E-state index is 0. The normalized spacial score (nSPS) is 16.6. The third kappa shape index (κ3) is 2.41. The Labute approximate surface area is 126 Å².